The summed E-state index contributed by atoms with van der Waals surface area (Å²) in [5.74, 6) is 3.20. The van der Waals surface area contributed by atoms with E-state index in [2.05, 4.69) is 29.0 Å². The smallest absolute Gasteiger partial charge is 0.227 e. The van der Waals surface area contributed by atoms with E-state index in [1.54, 1.807) is 28.4 Å². The van der Waals surface area contributed by atoms with Gasteiger partial charge in [-0.1, -0.05) is 6.07 Å². The number of ether oxygens (including phenoxy) is 4. The second kappa shape index (κ2) is 12.5. The number of carbonyl (C=O) groups excluding carboxylic acids is 1. The number of methoxy groups -OCH3 is 4. The van der Waals surface area contributed by atoms with Crippen LogP contribution in [0, 0.1) is 0 Å². The zero-order valence-electron chi connectivity index (χ0n) is 23.0. The molecule has 1 saturated carbocycles. The summed E-state index contributed by atoms with van der Waals surface area (Å²) in [4.78, 5) is 18.0. The Balaban J connectivity index is 1.33. The highest BCUT2D eigenvalue weighted by molar-refractivity contribution is 5.80. The maximum atomic E-state index is 13.4. The average Bonchev–Trinajstić information content (AvgIpc) is 3.09. The molecule has 2 aromatic carbocycles. The molecule has 37 heavy (non-hydrogen) atoms. The van der Waals surface area contributed by atoms with Crippen molar-refractivity contribution in [3.63, 3.8) is 0 Å². The van der Waals surface area contributed by atoms with Gasteiger partial charge in [0.25, 0.3) is 0 Å². The van der Waals surface area contributed by atoms with Gasteiger partial charge in [-0.3, -0.25) is 4.79 Å². The molecule has 7 nitrogen and oxygen atoms in total. The summed E-state index contributed by atoms with van der Waals surface area (Å²) >= 11 is 0. The average molecular weight is 511 g/mol. The van der Waals surface area contributed by atoms with Crippen LogP contribution in [0.2, 0.25) is 0 Å². The van der Waals surface area contributed by atoms with Crippen LogP contribution in [0.1, 0.15) is 48.8 Å². The highest BCUT2D eigenvalue weighted by atomic mass is 16.5. The summed E-state index contributed by atoms with van der Waals surface area (Å²) in [6.07, 6.45) is 7.84. The van der Waals surface area contributed by atoms with Crippen molar-refractivity contribution < 1.29 is 23.7 Å². The van der Waals surface area contributed by atoms with Crippen LogP contribution >= 0.6 is 0 Å². The van der Waals surface area contributed by atoms with Crippen molar-refractivity contribution in [3.05, 3.63) is 47.0 Å². The number of fused-ring (bicyclic) bond motifs is 1. The summed E-state index contributed by atoms with van der Waals surface area (Å²) in [6, 6.07) is 11.0. The number of benzene rings is 2. The van der Waals surface area contributed by atoms with Crippen LogP contribution in [0.15, 0.2) is 30.3 Å². The molecule has 202 valence electrons. The van der Waals surface area contributed by atoms with E-state index in [1.165, 1.54) is 17.5 Å². The second-order valence-corrected chi connectivity index (χ2v) is 10.2. The van der Waals surface area contributed by atoms with E-state index in [0.29, 0.717) is 24.3 Å². The fourth-order valence-electron chi connectivity index (χ4n) is 5.95. The third-order valence-electron chi connectivity index (χ3n) is 8.10. The zero-order chi connectivity index (χ0) is 26.4. The molecule has 0 aromatic heterocycles. The quantitative estimate of drug-likeness (QED) is 0.468. The van der Waals surface area contributed by atoms with Crippen LogP contribution in [0.4, 0.5) is 0 Å². The lowest BCUT2D eigenvalue weighted by atomic mass is 9.88. The summed E-state index contributed by atoms with van der Waals surface area (Å²) in [5.41, 5.74) is 3.51. The minimum Gasteiger partial charge on any atom is -0.493 e. The Morgan fingerprint density at radius 3 is 2.27 bits per heavy atom. The molecule has 2 aliphatic rings. The van der Waals surface area contributed by atoms with Crippen LogP contribution < -0.4 is 18.9 Å². The Hall–Kier alpha value is -2.93. The molecule has 1 aliphatic heterocycles. The number of nitrogens with zero attached hydrogens (tertiary/aromatic N) is 2. The van der Waals surface area contributed by atoms with E-state index < -0.39 is 0 Å². The normalized spacial score (nSPS) is 19.8. The molecule has 0 N–H and O–H groups in total. The number of carbonyl (C=O) groups is 1. The van der Waals surface area contributed by atoms with Gasteiger partial charge in [0.15, 0.2) is 23.0 Å². The largest absolute Gasteiger partial charge is 0.493 e. The Morgan fingerprint density at radius 2 is 1.57 bits per heavy atom. The molecule has 1 heterocycles. The monoisotopic (exact) mass is 510 g/mol. The van der Waals surface area contributed by atoms with E-state index in [1.807, 2.05) is 18.2 Å². The maximum absolute atomic E-state index is 13.4. The van der Waals surface area contributed by atoms with E-state index >= 15 is 0 Å². The molecule has 1 aliphatic carbocycles. The van der Waals surface area contributed by atoms with Crippen LogP contribution in [0.5, 0.6) is 23.0 Å². The van der Waals surface area contributed by atoms with Crippen LogP contribution in [-0.2, 0) is 24.1 Å². The number of amides is 1. The van der Waals surface area contributed by atoms with Gasteiger partial charge in [-0.15, -0.1) is 0 Å². The van der Waals surface area contributed by atoms with Crippen molar-refractivity contribution in [1.29, 1.82) is 0 Å². The molecule has 7 heteroatoms. The fourth-order valence-corrected chi connectivity index (χ4v) is 5.95. The molecule has 0 saturated heterocycles. The third-order valence-corrected chi connectivity index (χ3v) is 8.10. The van der Waals surface area contributed by atoms with Gasteiger partial charge in [-0.25, -0.2) is 0 Å². The van der Waals surface area contributed by atoms with Gasteiger partial charge in [-0.2, -0.15) is 0 Å². The standard InChI is InChI=1S/C30H42N2O5/c1-31(14-7-8-21-11-12-26(34-2)27(16-21)35-3)24-9-6-10-25(20-24)32-15-13-22-17-28(36-4)29(37-5)18-23(22)19-30(32)33/h11-12,16-18,24-25H,6-10,13-15,19-20H2,1-5H3/t24-,25+/m1/s1. The van der Waals surface area contributed by atoms with Crippen molar-refractivity contribution in [2.45, 2.75) is 63.5 Å². The van der Waals surface area contributed by atoms with Crippen LogP contribution in [-0.4, -0.2) is 76.4 Å². The molecule has 0 radical (unpaired) electrons. The third kappa shape index (κ3) is 6.32. The van der Waals surface area contributed by atoms with E-state index in [4.69, 9.17) is 18.9 Å². The first-order valence-electron chi connectivity index (χ1n) is 13.4. The lowest BCUT2D eigenvalue weighted by Gasteiger charge is -2.40. The Bertz CT molecular complexity index is 1070. The van der Waals surface area contributed by atoms with Crippen molar-refractivity contribution in [3.8, 4) is 23.0 Å². The van der Waals surface area contributed by atoms with Crippen molar-refractivity contribution >= 4 is 5.91 Å². The molecular formula is C30H42N2O5. The number of hydrogen-bond acceptors (Lipinski definition) is 6. The molecule has 4 rings (SSSR count). The summed E-state index contributed by atoms with van der Waals surface area (Å²) in [5, 5.41) is 0. The minimum absolute atomic E-state index is 0.229. The first-order chi connectivity index (χ1) is 18.0. The van der Waals surface area contributed by atoms with E-state index in [-0.39, 0.29) is 5.91 Å². The lowest BCUT2D eigenvalue weighted by molar-refractivity contribution is -0.133. The first-order valence-corrected chi connectivity index (χ1v) is 13.4. The van der Waals surface area contributed by atoms with Gasteiger partial charge in [-0.05, 0) is 99.5 Å². The summed E-state index contributed by atoms with van der Waals surface area (Å²) < 4.78 is 21.8. The zero-order valence-corrected chi connectivity index (χ0v) is 23.0. The topological polar surface area (TPSA) is 60.5 Å². The maximum Gasteiger partial charge on any atom is 0.227 e. The minimum atomic E-state index is 0.229. The molecule has 0 unspecified atom stereocenters. The van der Waals surface area contributed by atoms with Gasteiger partial charge >= 0.3 is 0 Å². The van der Waals surface area contributed by atoms with Gasteiger partial charge < -0.3 is 28.7 Å². The predicted molar refractivity (Wildman–Crippen MR) is 145 cm³/mol. The van der Waals surface area contributed by atoms with Gasteiger partial charge in [0, 0.05) is 18.6 Å². The van der Waals surface area contributed by atoms with Crippen molar-refractivity contribution in [2.75, 3.05) is 48.6 Å². The Morgan fingerprint density at radius 1 is 0.892 bits per heavy atom. The van der Waals surface area contributed by atoms with Crippen LogP contribution in [0.25, 0.3) is 0 Å². The SMILES string of the molecule is COc1ccc(CCCN(C)[C@@H]2CCC[C@H](N3CCc4cc(OC)c(OC)cc4CC3=O)C2)cc1OC. The molecule has 0 spiro atoms. The molecule has 2 aromatic rings. The van der Waals surface area contributed by atoms with E-state index in [9.17, 15) is 4.79 Å². The fraction of sp³-hybridized carbons (Fsp3) is 0.567. The number of aryl methyl sites for hydroxylation is 1. The van der Waals surface area contributed by atoms with Gasteiger partial charge in [0.05, 0.1) is 34.9 Å². The highest BCUT2D eigenvalue weighted by Crippen LogP contribution is 2.34. The Kier molecular flexibility index (Phi) is 9.19. The predicted octanol–water partition coefficient (Wildman–Crippen LogP) is 4.52. The van der Waals surface area contributed by atoms with Gasteiger partial charge in [0.1, 0.15) is 0 Å². The molecule has 1 fully saturated rings. The number of hydrogen-bond donors (Lipinski definition) is 0. The van der Waals surface area contributed by atoms with Crippen molar-refractivity contribution in [1.82, 2.24) is 9.80 Å². The van der Waals surface area contributed by atoms with Crippen molar-refractivity contribution in [2.24, 2.45) is 0 Å². The highest BCUT2D eigenvalue weighted by Gasteiger charge is 2.33. The van der Waals surface area contributed by atoms with Gasteiger partial charge in [0.2, 0.25) is 5.91 Å². The molecule has 1 amide bonds. The summed E-state index contributed by atoms with van der Waals surface area (Å²) in [6.45, 7) is 1.80. The van der Waals surface area contributed by atoms with Crippen LogP contribution in [0.3, 0.4) is 0 Å². The molecule has 2 atom stereocenters. The second-order valence-electron chi connectivity index (χ2n) is 10.2. The first kappa shape index (κ1) is 27.1. The summed E-state index contributed by atoms with van der Waals surface area (Å²) in [7, 11) is 8.87. The molecular weight excluding hydrogens is 468 g/mol. The lowest BCUT2D eigenvalue weighted by Crippen LogP contribution is -2.48. The number of rotatable bonds is 10. The Labute approximate surface area is 221 Å². The van der Waals surface area contributed by atoms with E-state index in [0.717, 1.165) is 74.4 Å². The molecule has 0 bridgehead atoms.